The third-order valence-electron chi connectivity index (χ3n) is 4.29. The Bertz CT molecular complexity index is 1010. The quantitative estimate of drug-likeness (QED) is 0.739. The van der Waals surface area contributed by atoms with E-state index in [0.717, 1.165) is 10.4 Å². The molecule has 1 amide bonds. The number of para-hydroxylation sites is 1. The van der Waals surface area contributed by atoms with Gasteiger partial charge in [-0.2, -0.15) is 4.98 Å². The van der Waals surface area contributed by atoms with Crippen LogP contribution in [0.5, 0.6) is 5.75 Å². The minimum atomic E-state index is -0.513. The maximum atomic E-state index is 12.2. The zero-order chi connectivity index (χ0) is 18.3. The fourth-order valence-corrected chi connectivity index (χ4v) is 3.81. The summed E-state index contributed by atoms with van der Waals surface area (Å²) < 4.78 is 7.20. The largest absolute Gasteiger partial charge is 0.496 e. The number of nitrogens with two attached hydrogens (primary N) is 1. The molecule has 132 valence electrons. The predicted octanol–water partition coefficient (Wildman–Crippen LogP) is 2.79. The first-order valence-corrected chi connectivity index (χ1v) is 8.89. The van der Waals surface area contributed by atoms with E-state index in [0.29, 0.717) is 28.8 Å². The summed E-state index contributed by atoms with van der Waals surface area (Å²) in [5, 5.41) is 9.76. The van der Waals surface area contributed by atoms with Gasteiger partial charge in [0.25, 0.3) is 0 Å². The highest BCUT2D eigenvalue weighted by molar-refractivity contribution is 7.13. The lowest BCUT2D eigenvalue weighted by atomic mass is 9.94. The van der Waals surface area contributed by atoms with Crippen LogP contribution in [-0.2, 0) is 4.79 Å². The fraction of sp³-hybridized carbons (Fsp3) is 0.167. The van der Waals surface area contributed by atoms with Crippen molar-refractivity contribution >= 4 is 23.2 Å². The van der Waals surface area contributed by atoms with Gasteiger partial charge < -0.3 is 15.8 Å². The van der Waals surface area contributed by atoms with E-state index in [1.165, 1.54) is 0 Å². The van der Waals surface area contributed by atoms with E-state index in [1.54, 1.807) is 23.1 Å². The summed E-state index contributed by atoms with van der Waals surface area (Å²) in [4.78, 5) is 17.8. The molecule has 1 atom stereocenters. The molecule has 4 rings (SSSR count). The van der Waals surface area contributed by atoms with E-state index in [2.05, 4.69) is 15.4 Å². The van der Waals surface area contributed by atoms with Crippen LogP contribution < -0.4 is 15.8 Å². The van der Waals surface area contributed by atoms with Crippen LogP contribution in [-0.4, -0.2) is 27.8 Å². The first-order chi connectivity index (χ1) is 12.6. The Morgan fingerprint density at radius 1 is 1.31 bits per heavy atom. The van der Waals surface area contributed by atoms with Gasteiger partial charge in [-0.05, 0) is 24.4 Å². The number of nitrogens with one attached hydrogen (secondary N) is 1. The van der Waals surface area contributed by atoms with Crippen LogP contribution in [0.4, 0.5) is 5.95 Å². The molecule has 7 nitrogen and oxygen atoms in total. The highest BCUT2D eigenvalue weighted by Gasteiger charge is 2.35. The number of thiophene rings is 1. The van der Waals surface area contributed by atoms with Crippen molar-refractivity contribution in [1.82, 2.24) is 14.8 Å². The van der Waals surface area contributed by atoms with Crippen LogP contribution in [0.25, 0.3) is 10.7 Å². The number of amides is 1. The van der Waals surface area contributed by atoms with Gasteiger partial charge in [0, 0.05) is 11.3 Å². The van der Waals surface area contributed by atoms with E-state index in [-0.39, 0.29) is 0 Å². The summed E-state index contributed by atoms with van der Waals surface area (Å²) in [6.07, 6.45) is 0. The highest BCUT2D eigenvalue weighted by atomic mass is 32.1. The van der Waals surface area contributed by atoms with Gasteiger partial charge in [-0.1, -0.05) is 24.3 Å². The van der Waals surface area contributed by atoms with Crippen LogP contribution >= 0.6 is 11.3 Å². The van der Waals surface area contributed by atoms with Gasteiger partial charge in [0.1, 0.15) is 11.8 Å². The Hall–Kier alpha value is -3.13. The van der Waals surface area contributed by atoms with Gasteiger partial charge in [0.05, 0.1) is 17.6 Å². The van der Waals surface area contributed by atoms with E-state index in [4.69, 9.17) is 10.5 Å². The Balaban J connectivity index is 1.93. The standard InChI is InChI=1S/C18H17N5O2S/c1-10-14(16(19)24)15(11-6-3-4-7-12(11)25-2)23-18(20-10)21-17(22-23)13-8-5-9-26-13/h3-9,15H,1-2H3,(H2,19,24)(H,20,21,22)/t15-/m0/s1. The van der Waals surface area contributed by atoms with Gasteiger partial charge in [0.15, 0.2) is 5.82 Å². The van der Waals surface area contributed by atoms with Gasteiger partial charge in [-0.15, -0.1) is 16.4 Å². The monoisotopic (exact) mass is 367 g/mol. The van der Waals surface area contributed by atoms with Gasteiger partial charge in [0.2, 0.25) is 11.9 Å². The Morgan fingerprint density at radius 3 is 2.81 bits per heavy atom. The van der Waals surface area contributed by atoms with Crippen molar-refractivity contribution < 1.29 is 9.53 Å². The molecule has 1 aliphatic rings. The Morgan fingerprint density at radius 2 is 2.12 bits per heavy atom. The first-order valence-electron chi connectivity index (χ1n) is 8.01. The predicted molar refractivity (Wildman–Crippen MR) is 100.0 cm³/mol. The van der Waals surface area contributed by atoms with Crippen molar-refractivity contribution in [3.05, 3.63) is 58.6 Å². The molecule has 3 aromatic rings. The summed E-state index contributed by atoms with van der Waals surface area (Å²) in [5.41, 5.74) is 7.59. The zero-order valence-electron chi connectivity index (χ0n) is 14.3. The summed E-state index contributed by atoms with van der Waals surface area (Å²) in [7, 11) is 1.60. The van der Waals surface area contributed by atoms with Crippen LogP contribution in [0.2, 0.25) is 0 Å². The topological polar surface area (TPSA) is 95.1 Å². The number of aromatic nitrogens is 3. The van der Waals surface area contributed by atoms with Crippen molar-refractivity contribution in [3.8, 4) is 16.5 Å². The summed E-state index contributed by atoms with van der Waals surface area (Å²) >= 11 is 1.56. The molecule has 0 spiro atoms. The number of carbonyl (C=O) groups excluding carboxylic acids is 1. The number of carbonyl (C=O) groups is 1. The van der Waals surface area contributed by atoms with Crippen LogP contribution in [0.3, 0.4) is 0 Å². The number of hydrogen-bond donors (Lipinski definition) is 2. The number of nitrogens with zero attached hydrogens (tertiary/aromatic N) is 3. The summed E-state index contributed by atoms with van der Waals surface area (Å²) in [5.74, 6) is 1.31. The van der Waals surface area contributed by atoms with Gasteiger partial charge in [-0.3, -0.25) is 4.79 Å². The van der Waals surface area contributed by atoms with E-state index in [9.17, 15) is 4.79 Å². The Kier molecular flexibility index (Phi) is 3.96. The molecule has 1 aliphatic heterocycles. The van der Waals surface area contributed by atoms with Crippen molar-refractivity contribution in [3.63, 3.8) is 0 Å². The SMILES string of the molecule is COc1ccccc1[C@H]1C(C(N)=O)=C(C)Nc2nc(-c3cccs3)nn21. The minimum Gasteiger partial charge on any atom is -0.496 e. The molecule has 3 N–H and O–H groups in total. The molecule has 0 saturated carbocycles. The van der Waals surface area contributed by atoms with Gasteiger partial charge in [-0.25, -0.2) is 4.68 Å². The summed E-state index contributed by atoms with van der Waals surface area (Å²) in [6.45, 7) is 1.81. The lowest BCUT2D eigenvalue weighted by molar-refractivity contribution is -0.115. The average Bonchev–Trinajstić information content (AvgIpc) is 3.29. The molecule has 0 aliphatic carbocycles. The average molecular weight is 367 g/mol. The zero-order valence-corrected chi connectivity index (χ0v) is 15.1. The molecule has 2 aromatic heterocycles. The Labute approximate surface area is 154 Å². The molecule has 0 saturated heterocycles. The number of methoxy groups -OCH3 is 1. The normalized spacial score (nSPS) is 16.2. The highest BCUT2D eigenvalue weighted by Crippen LogP contribution is 2.39. The van der Waals surface area contributed by atoms with E-state index in [1.807, 2.05) is 48.7 Å². The number of allylic oxidation sites excluding steroid dienone is 1. The van der Waals surface area contributed by atoms with E-state index >= 15 is 0 Å². The number of ether oxygens (including phenoxy) is 1. The van der Waals surface area contributed by atoms with Crippen LogP contribution in [0.1, 0.15) is 18.5 Å². The molecule has 0 bridgehead atoms. The number of hydrogen-bond acceptors (Lipinski definition) is 6. The third kappa shape index (κ3) is 2.55. The van der Waals surface area contributed by atoms with Crippen molar-refractivity contribution in [2.45, 2.75) is 13.0 Å². The maximum absolute atomic E-state index is 12.2. The number of primary amides is 1. The molecule has 26 heavy (non-hydrogen) atoms. The molecule has 0 fully saturated rings. The number of fused-ring (bicyclic) bond motifs is 1. The first kappa shape index (κ1) is 16.3. The number of anilines is 1. The molecule has 1 aromatic carbocycles. The van der Waals surface area contributed by atoms with Crippen molar-refractivity contribution in [2.24, 2.45) is 5.73 Å². The minimum absolute atomic E-state index is 0.435. The second kappa shape index (κ2) is 6.30. The van der Waals surface area contributed by atoms with Gasteiger partial charge >= 0.3 is 0 Å². The molecule has 3 heterocycles. The maximum Gasteiger partial charge on any atom is 0.248 e. The second-order valence-electron chi connectivity index (χ2n) is 5.85. The lowest BCUT2D eigenvalue weighted by Crippen LogP contribution is -2.32. The smallest absolute Gasteiger partial charge is 0.248 e. The summed E-state index contributed by atoms with van der Waals surface area (Å²) in [6, 6.07) is 10.9. The van der Waals surface area contributed by atoms with E-state index < -0.39 is 11.9 Å². The molecule has 8 heteroatoms. The molecule has 0 radical (unpaired) electrons. The third-order valence-corrected chi connectivity index (χ3v) is 5.16. The molecular formula is C18H17N5O2S. The lowest BCUT2D eigenvalue weighted by Gasteiger charge is -2.28. The molecule has 0 unspecified atom stereocenters. The van der Waals surface area contributed by atoms with Crippen molar-refractivity contribution in [1.29, 1.82) is 0 Å². The number of rotatable bonds is 4. The fourth-order valence-electron chi connectivity index (χ4n) is 3.16. The number of benzene rings is 1. The second-order valence-corrected chi connectivity index (χ2v) is 6.80. The molecular weight excluding hydrogens is 350 g/mol. The van der Waals surface area contributed by atoms with Crippen LogP contribution in [0, 0.1) is 0 Å². The van der Waals surface area contributed by atoms with Crippen LogP contribution in [0.15, 0.2) is 53.0 Å². The van der Waals surface area contributed by atoms with Crippen molar-refractivity contribution in [2.75, 3.05) is 12.4 Å².